The van der Waals surface area contributed by atoms with Gasteiger partial charge in [-0.05, 0) is 18.2 Å². The molecule has 0 amide bonds. The minimum Gasteiger partial charge on any atom is -0.478 e. The molecule has 0 saturated heterocycles. The van der Waals surface area contributed by atoms with E-state index >= 15 is 0 Å². The first-order valence-corrected chi connectivity index (χ1v) is 4.27. The van der Waals surface area contributed by atoms with E-state index < -0.39 is 29.2 Å². The van der Waals surface area contributed by atoms with Gasteiger partial charge in [0.1, 0.15) is 0 Å². The van der Waals surface area contributed by atoms with Crippen LogP contribution in [0.3, 0.4) is 0 Å². The summed E-state index contributed by atoms with van der Waals surface area (Å²) in [6.07, 6.45) is -4.67. The molecule has 0 aliphatic rings. The molecular weight excluding hydrogens is 239 g/mol. The van der Waals surface area contributed by atoms with Gasteiger partial charge in [-0.15, -0.1) is 0 Å². The lowest BCUT2D eigenvalue weighted by Crippen LogP contribution is -2.21. The van der Waals surface area contributed by atoms with E-state index in [9.17, 15) is 18.0 Å². The summed E-state index contributed by atoms with van der Waals surface area (Å²) in [5.74, 6) is -2.08. The highest BCUT2D eigenvalue weighted by Crippen LogP contribution is 2.31. The van der Waals surface area contributed by atoms with Gasteiger partial charge in [-0.1, -0.05) is 0 Å². The second-order valence-electron chi connectivity index (χ2n) is 3.14. The van der Waals surface area contributed by atoms with Crippen molar-refractivity contribution in [2.45, 2.75) is 6.18 Å². The zero-order valence-electron chi connectivity index (χ0n) is 8.30. The third-order valence-corrected chi connectivity index (χ3v) is 1.79. The summed E-state index contributed by atoms with van der Waals surface area (Å²) >= 11 is 0. The third-order valence-electron chi connectivity index (χ3n) is 1.79. The number of guanidine groups is 1. The predicted octanol–water partition coefficient (Wildman–Crippen LogP) is 1.71. The van der Waals surface area contributed by atoms with Crippen LogP contribution in [-0.2, 0) is 6.18 Å². The molecule has 0 aliphatic heterocycles. The predicted molar refractivity (Wildman–Crippen MR) is 53.9 cm³/mol. The first kappa shape index (κ1) is 12.8. The van der Waals surface area contributed by atoms with E-state index in [1.807, 2.05) is 0 Å². The van der Waals surface area contributed by atoms with Crippen molar-refractivity contribution < 1.29 is 23.1 Å². The number of carbonyl (C=O) groups is 1. The molecule has 0 aromatic heterocycles. The van der Waals surface area contributed by atoms with Crippen molar-refractivity contribution in [2.75, 3.05) is 5.32 Å². The van der Waals surface area contributed by atoms with Crippen LogP contribution in [0, 0.1) is 5.41 Å². The molecule has 0 bridgehead atoms. The van der Waals surface area contributed by atoms with Crippen LogP contribution in [0.15, 0.2) is 18.2 Å². The van der Waals surface area contributed by atoms with Gasteiger partial charge in [-0.3, -0.25) is 5.41 Å². The number of carboxylic acids is 1. The van der Waals surface area contributed by atoms with Gasteiger partial charge in [0.15, 0.2) is 5.96 Å². The summed E-state index contributed by atoms with van der Waals surface area (Å²) in [4.78, 5) is 10.6. The van der Waals surface area contributed by atoms with Crippen molar-refractivity contribution in [1.82, 2.24) is 0 Å². The van der Waals surface area contributed by atoms with E-state index in [-0.39, 0.29) is 5.69 Å². The molecule has 1 aromatic carbocycles. The van der Waals surface area contributed by atoms with Crippen molar-refractivity contribution in [3.8, 4) is 0 Å². The number of benzene rings is 1. The Morgan fingerprint density at radius 2 is 1.94 bits per heavy atom. The van der Waals surface area contributed by atoms with E-state index in [0.29, 0.717) is 12.1 Å². The Bertz CT molecular complexity index is 471. The topological polar surface area (TPSA) is 99.2 Å². The molecule has 8 heteroatoms. The van der Waals surface area contributed by atoms with Crippen LogP contribution in [0.25, 0.3) is 0 Å². The number of aromatic carboxylic acids is 1. The molecule has 0 aliphatic carbocycles. The van der Waals surface area contributed by atoms with E-state index in [2.05, 4.69) is 5.32 Å². The lowest BCUT2D eigenvalue weighted by Gasteiger charge is -2.11. The summed E-state index contributed by atoms with van der Waals surface area (Å²) in [7, 11) is 0. The summed E-state index contributed by atoms with van der Waals surface area (Å²) in [5.41, 5.74) is 3.09. The quantitative estimate of drug-likeness (QED) is 0.472. The number of rotatable bonds is 2. The van der Waals surface area contributed by atoms with E-state index in [1.54, 1.807) is 0 Å². The average molecular weight is 247 g/mol. The molecule has 0 radical (unpaired) electrons. The molecule has 0 heterocycles. The number of anilines is 1. The van der Waals surface area contributed by atoms with Crippen LogP contribution in [-0.4, -0.2) is 17.0 Å². The molecule has 1 rings (SSSR count). The number of hydrogen-bond donors (Lipinski definition) is 4. The van der Waals surface area contributed by atoms with Gasteiger partial charge < -0.3 is 16.2 Å². The Hall–Kier alpha value is -2.25. The maximum absolute atomic E-state index is 12.4. The molecule has 0 saturated carbocycles. The molecular formula is C9H8F3N3O2. The smallest absolute Gasteiger partial charge is 0.416 e. The molecule has 92 valence electrons. The Morgan fingerprint density at radius 1 is 1.35 bits per heavy atom. The fourth-order valence-electron chi connectivity index (χ4n) is 1.14. The average Bonchev–Trinajstić information content (AvgIpc) is 2.14. The molecule has 5 nitrogen and oxygen atoms in total. The Labute approximate surface area is 93.6 Å². The number of halogens is 3. The standard InChI is InChI=1S/C9H8F3N3O2/c10-9(11,12)5-1-4(7(16)17)2-6(3-5)15-8(13)14/h1-3H,(H,16,17)(H4,13,14,15). The molecule has 0 fully saturated rings. The molecule has 5 N–H and O–H groups in total. The SMILES string of the molecule is N=C(N)Nc1cc(C(=O)O)cc(C(F)(F)F)c1. The van der Waals surface area contributed by atoms with Crippen LogP contribution < -0.4 is 11.1 Å². The molecule has 0 spiro atoms. The van der Waals surface area contributed by atoms with Gasteiger partial charge in [0.2, 0.25) is 0 Å². The third kappa shape index (κ3) is 3.37. The van der Waals surface area contributed by atoms with Gasteiger partial charge in [0.05, 0.1) is 11.1 Å². The van der Waals surface area contributed by atoms with Crippen LogP contribution in [0.4, 0.5) is 18.9 Å². The maximum Gasteiger partial charge on any atom is 0.416 e. The Morgan fingerprint density at radius 3 is 2.35 bits per heavy atom. The fourth-order valence-corrected chi connectivity index (χ4v) is 1.14. The molecule has 17 heavy (non-hydrogen) atoms. The minimum absolute atomic E-state index is 0.204. The largest absolute Gasteiger partial charge is 0.478 e. The Balaban J connectivity index is 3.28. The van der Waals surface area contributed by atoms with Crippen LogP contribution in [0.1, 0.15) is 15.9 Å². The van der Waals surface area contributed by atoms with Crippen molar-refractivity contribution in [1.29, 1.82) is 5.41 Å². The maximum atomic E-state index is 12.4. The highest BCUT2D eigenvalue weighted by molar-refractivity contribution is 5.93. The fraction of sp³-hybridized carbons (Fsp3) is 0.111. The highest BCUT2D eigenvalue weighted by atomic mass is 19.4. The number of nitrogens with two attached hydrogens (primary N) is 1. The summed E-state index contributed by atoms with van der Waals surface area (Å²) in [6, 6.07) is 2.14. The lowest BCUT2D eigenvalue weighted by molar-refractivity contribution is -0.137. The first-order chi connectivity index (χ1) is 7.70. The van der Waals surface area contributed by atoms with Gasteiger partial charge >= 0.3 is 12.1 Å². The number of nitrogens with one attached hydrogen (secondary N) is 2. The molecule has 0 unspecified atom stereocenters. The number of carboxylic acid groups (broad SMARTS) is 1. The summed E-state index contributed by atoms with van der Waals surface area (Å²) in [5, 5.41) is 17.6. The second kappa shape index (κ2) is 4.32. The number of hydrogen-bond acceptors (Lipinski definition) is 2. The van der Waals surface area contributed by atoms with E-state index in [0.717, 1.165) is 6.07 Å². The monoisotopic (exact) mass is 247 g/mol. The zero-order valence-corrected chi connectivity index (χ0v) is 8.30. The zero-order chi connectivity index (χ0) is 13.2. The van der Waals surface area contributed by atoms with Crippen molar-refractivity contribution >= 4 is 17.6 Å². The van der Waals surface area contributed by atoms with Crippen LogP contribution >= 0.6 is 0 Å². The van der Waals surface area contributed by atoms with Crippen molar-refractivity contribution in [3.63, 3.8) is 0 Å². The van der Waals surface area contributed by atoms with Crippen molar-refractivity contribution in [3.05, 3.63) is 29.3 Å². The summed E-state index contributed by atoms with van der Waals surface area (Å²) < 4.78 is 37.3. The molecule has 1 aromatic rings. The van der Waals surface area contributed by atoms with Gasteiger partial charge in [-0.25, -0.2) is 4.79 Å². The summed E-state index contributed by atoms with van der Waals surface area (Å²) in [6.45, 7) is 0. The van der Waals surface area contributed by atoms with E-state index in [4.69, 9.17) is 16.2 Å². The second-order valence-corrected chi connectivity index (χ2v) is 3.14. The van der Waals surface area contributed by atoms with Gasteiger partial charge in [-0.2, -0.15) is 13.2 Å². The normalized spacial score (nSPS) is 11.0. The lowest BCUT2D eigenvalue weighted by atomic mass is 10.1. The first-order valence-electron chi connectivity index (χ1n) is 4.27. The Kier molecular flexibility index (Phi) is 3.26. The van der Waals surface area contributed by atoms with Gasteiger partial charge in [0, 0.05) is 5.69 Å². The van der Waals surface area contributed by atoms with Gasteiger partial charge in [0.25, 0.3) is 0 Å². The molecule has 0 atom stereocenters. The highest BCUT2D eigenvalue weighted by Gasteiger charge is 2.31. The minimum atomic E-state index is -4.67. The van der Waals surface area contributed by atoms with Crippen LogP contribution in [0.5, 0.6) is 0 Å². The van der Waals surface area contributed by atoms with Crippen molar-refractivity contribution in [2.24, 2.45) is 5.73 Å². The van der Waals surface area contributed by atoms with E-state index in [1.165, 1.54) is 0 Å². The number of alkyl halides is 3. The van der Waals surface area contributed by atoms with Crippen LogP contribution in [0.2, 0.25) is 0 Å².